The Bertz CT molecular complexity index is 294. The first-order valence-electron chi connectivity index (χ1n) is 10.8. The molecule has 0 saturated carbocycles. The van der Waals surface area contributed by atoms with E-state index in [9.17, 15) is 0 Å². The maximum Gasteiger partial charge on any atom is 0.136 e. The minimum absolute atomic E-state index is 1.14. The number of hydrogen-bond acceptors (Lipinski definition) is 2. The molecule has 1 aliphatic heterocycles. The summed E-state index contributed by atoms with van der Waals surface area (Å²) >= 11 is 7.19. The van der Waals surface area contributed by atoms with Crippen LogP contribution in [0.15, 0.2) is 0 Å². The molecule has 0 spiro atoms. The van der Waals surface area contributed by atoms with Crippen molar-refractivity contribution in [1.82, 2.24) is 4.90 Å². The SMILES string of the molecule is CCCCCCCCCCCCCCCCCCN1CCSC1=S. The molecule has 0 unspecified atom stereocenters. The van der Waals surface area contributed by atoms with Crippen LogP contribution in [0.1, 0.15) is 110 Å². The third kappa shape index (κ3) is 12.6. The van der Waals surface area contributed by atoms with Crippen molar-refractivity contribution in [3.05, 3.63) is 0 Å². The predicted octanol–water partition coefficient (Wildman–Crippen LogP) is 7.58. The highest BCUT2D eigenvalue weighted by Gasteiger charge is 2.15. The van der Waals surface area contributed by atoms with Gasteiger partial charge in [-0.3, -0.25) is 0 Å². The summed E-state index contributed by atoms with van der Waals surface area (Å²) in [6.45, 7) is 4.68. The molecule has 0 N–H and O–H groups in total. The fourth-order valence-electron chi connectivity index (χ4n) is 3.48. The van der Waals surface area contributed by atoms with Crippen molar-refractivity contribution in [2.75, 3.05) is 18.8 Å². The van der Waals surface area contributed by atoms with Crippen LogP contribution < -0.4 is 0 Å². The molecule has 0 aromatic carbocycles. The third-order valence-corrected chi connectivity index (χ3v) is 6.63. The number of thioether (sulfide) groups is 1. The molecule has 24 heavy (non-hydrogen) atoms. The molecular formula is C21H41NS2. The Hall–Kier alpha value is 0.240. The Morgan fingerprint density at radius 2 is 1.12 bits per heavy atom. The van der Waals surface area contributed by atoms with E-state index in [0.717, 1.165) is 4.32 Å². The molecule has 1 fully saturated rings. The number of thiocarbonyl (C=S) groups is 1. The van der Waals surface area contributed by atoms with Gasteiger partial charge in [0.1, 0.15) is 4.32 Å². The van der Waals surface area contributed by atoms with E-state index in [4.69, 9.17) is 12.2 Å². The van der Waals surface area contributed by atoms with Gasteiger partial charge in [-0.2, -0.15) is 0 Å². The summed E-state index contributed by atoms with van der Waals surface area (Å²) in [7, 11) is 0. The van der Waals surface area contributed by atoms with Crippen molar-refractivity contribution in [2.24, 2.45) is 0 Å². The van der Waals surface area contributed by atoms with Gasteiger partial charge in [0.15, 0.2) is 0 Å². The maximum absolute atomic E-state index is 5.34. The molecule has 1 nitrogen and oxygen atoms in total. The molecule has 142 valence electrons. The van der Waals surface area contributed by atoms with E-state index in [1.54, 1.807) is 0 Å². The molecule has 0 aromatic rings. The number of unbranched alkanes of at least 4 members (excludes halogenated alkanes) is 15. The zero-order valence-electron chi connectivity index (χ0n) is 16.2. The molecule has 1 saturated heterocycles. The number of hydrogen-bond donors (Lipinski definition) is 0. The summed E-state index contributed by atoms with van der Waals surface area (Å²) in [5, 5.41) is 0. The normalized spacial score (nSPS) is 14.7. The molecule has 1 rings (SSSR count). The monoisotopic (exact) mass is 371 g/mol. The quantitative estimate of drug-likeness (QED) is 0.191. The lowest BCUT2D eigenvalue weighted by Gasteiger charge is -2.16. The van der Waals surface area contributed by atoms with Gasteiger partial charge >= 0.3 is 0 Å². The van der Waals surface area contributed by atoms with E-state index in [0.29, 0.717) is 0 Å². The summed E-state index contributed by atoms with van der Waals surface area (Å²) in [6, 6.07) is 0. The number of nitrogens with zero attached hydrogens (tertiary/aromatic N) is 1. The van der Waals surface area contributed by atoms with Crippen LogP contribution in [-0.2, 0) is 0 Å². The minimum atomic E-state index is 1.14. The molecular weight excluding hydrogens is 330 g/mol. The molecule has 3 heteroatoms. The molecule has 0 bridgehead atoms. The second-order valence-corrected chi connectivity index (χ2v) is 9.13. The maximum atomic E-state index is 5.34. The van der Waals surface area contributed by atoms with E-state index in [2.05, 4.69) is 11.8 Å². The smallest absolute Gasteiger partial charge is 0.136 e. The average molecular weight is 372 g/mol. The van der Waals surface area contributed by atoms with Gasteiger partial charge in [0.05, 0.1) is 0 Å². The largest absolute Gasteiger partial charge is 0.357 e. The van der Waals surface area contributed by atoms with Crippen molar-refractivity contribution >= 4 is 28.3 Å². The van der Waals surface area contributed by atoms with Crippen LogP contribution in [0.2, 0.25) is 0 Å². The van der Waals surface area contributed by atoms with Crippen LogP contribution in [0.5, 0.6) is 0 Å². The van der Waals surface area contributed by atoms with Gasteiger partial charge in [-0.05, 0) is 6.42 Å². The second kappa shape index (κ2) is 16.7. The lowest BCUT2D eigenvalue weighted by Crippen LogP contribution is -2.23. The van der Waals surface area contributed by atoms with E-state index in [1.807, 2.05) is 11.8 Å². The molecule has 0 amide bonds. The Labute approximate surface area is 161 Å². The van der Waals surface area contributed by atoms with Crippen molar-refractivity contribution in [3.8, 4) is 0 Å². The van der Waals surface area contributed by atoms with E-state index >= 15 is 0 Å². The van der Waals surface area contributed by atoms with Crippen LogP contribution in [0.3, 0.4) is 0 Å². The molecule has 1 aliphatic rings. The van der Waals surface area contributed by atoms with Gasteiger partial charge in [-0.15, -0.1) is 0 Å². The third-order valence-electron chi connectivity index (χ3n) is 5.13. The summed E-state index contributed by atoms with van der Waals surface area (Å²) < 4.78 is 1.14. The second-order valence-electron chi connectivity index (χ2n) is 7.40. The Morgan fingerprint density at radius 3 is 1.50 bits per heavy atom. The van der Waals surface area contributed by atoms with E-state index < -0.39 is 0 Å². The zero-order valence-corrected chi connectivity index (χ0v) is 17.8. The fraction of sp³-hybridized carbons (Fsp3) is 0.952. The van der Waals surface area contributed by atoms with Gasteiger partial charge in [-0.1, -0.05) is 127 Å². The zero-order chi connectivity index (χ0) is 17.3. The Balaban J connectivity index is 1.68. The fourth-order valence-corrected chi connectivity index (χ4v) is 4.76. The average Bonchev–Trinajstić information content (AvgIpc) is 2.99. The van der Waals surface area contributed by atoms with Gasteiger partial charge in [0.25, 0.3) is 0 Å². The molecule has 0 atom stereocenters. The molecule has 0 aliphatic carbocycles. The van der Waals surface area contributed by atoms with Gasteiger partial charge in [-0.25, -0.2) is 0 Å². The van der Waals surface area contributed by atoms with Crippen LogP contribution in [0, 0.1) is 0 Å². The summed E-state index contributed by atoms with van der Waals surface area (Å²) in [6.07, 6.45) is 23.1. The number of rotatable bonds is 17. The lowest BCUT2D eigenvalue weighted by atomic mass is 10.0. The van der Waals surface area contributed by atoms with Gasteiger partial charge < -0.3 is 4.90 Å². The van der Waals surface area contributed by atoms with Crippen LogP contribution in [-0.4, -0.2) is 28.1 Å². The predicted molar refractivity (Wildman–Crippen MR) is 116 cm³/mol. The minimum Gasteiger partial charge on any atom is -0.357 e. The summed E-state index contributed by atoms with van der Waals surface area (Å²) in [5.41, 5.74) is 0. The molecule has 0 aromatic heterocycles. The molecule has 1 heterocycles. The first kappa shape index (κ1) is 22.3. The topological polar surface area (TPSA) is 3.24 Å². The lowest BCUT2D eigenvalue weighted by molar-refractivity contribution is 0.438. The van der Waals surface area contributed by atoms with Crippen molar-refractivity contribution in [3.63, 3.8) is 0 Å². The first-order chi connectivity index (χ1) is 11.8. The van der Waals surface area contributed by atoms with Crippen LogP contribution >= 0.6 is 24.0 Å². The van der Waals surface area contributed by atoms with E-state index in [-0.39, 0.29) is 0 Å². The summed E-state index contributed by atoms with van der Waals surface area (Å²) in [5.74, 6) is 1.21. The summed E-state index contributed by atoms with van der Waals surface area (Å²) in [4.78, 5) is 2.39. The first-order valence-corrected chi connectivity index (χ1v) is 12.2. The van der Waals surface area contributed by atoms with Crippen LogP contribution in [0.4, 0.5) is 0 Å². The van der Waals surface area contributed by atoms with Gasteiger partial charge in [0, 0.05) is 18.8 Å². The standard InChI is InChI=1S/C21H41NS2/c1-2-3-4-5-6-7-8-9-10-11-12-13-14-15-16-17-18-22-19-20-24-21(22)23/h2-20H2,1H3. The highest BCUT2D eigenvalue weighted by atomic mass is 32.2. The van der Waals surface area contributed by atoms with Crippen molar-refractivity contribution in [2.45, 2.75) is 110 Å². The Kier molecular flexibility index (Phi) is 15.5. The highest BCUT2D eigenvalue weighted by Crippen LogP contribution is 2.19. The Morgan fingerprint density at radius 1 is 0.708 bits per heavy atom. The van der Waals surface area contributed by atoms with Crippen molar-refractivity contribution < 1.29 is 0 Å². The highest BCUT2D eigenvalue weighted by molar-refractivity contribution is 8.23. The van der Waals surface area contributed by atoms with Crippen molar-refractivity contribution in [1.29, 1.82) is 0 Å². The van der Waals surface area contributed by atoms with Crippen LogP contribution in [0.25, 0.3) is 0 Å². The van der Waals surface area contributed by atoms with E-state index in [1.165, 1.54) is 122 Å². The molecule has 0 radical (unpaired) electrons. The van der Waals surface area contributed by atoms with Gasteiger partial charge in [0.2, 0.25) is 0 Å².